The van der Waals surface area contributed by atoms with Gasteiger partial charge in [-0.2, -0.15) is 0 Å². The van der Waals surface area contributed by atoms with Crippen LogP contribution in [0.15, 0.2) is 36.4 Å². The number of fused-ring (bicyclic) bond motifs is 1. The van der Waals surface area contributed by atoms with Gasteiger partial charge in [0.1, 0.15) is 5.00 Å². The van der Waals surface area contributed by atoms with Crippen LogP contribution in [0.5, 0.6) is 0 Å². The van der Waals surface area contributed by atoms with Crippen molar-refractivity contribution in [2.24, 2.45) is 0 Å². The highest BCUT2D eigenvalue weighted by atomic mass is 32.1. The standard InChI is InChI=1S/C23H27N3O4S/c1-30-13-12-26-19(20(27)24-16-10-6-3-7-11-16)21(28)25-22-17(23(26)29)14-18(31-22)15-8-4-2-5-9-15/h2,4-5,8-9,14,16,19H,3,6-7,10-13H2,1H3,(H,24,27)(H,25,28). The van der Waals surface area contributed by atoms with Crippen molar-refractivity contribution < 1.29 is 19.1 Å². The molecule has 1 fully saturated rings. The molecule has 4 rings (SSSR count). The molecule has 1 aromatic carbocycles. The van der Waals surface area contributed by atoms with Crippen molar-refractivity contribution in [3.63, 3.8) is 0 Å². The van der Waals surface area contributed by atoms with Crippen LogP contribution in [0, 0.1) is 0 Å². The molecule has 1 saturated carbocycles. The topological polar surface area (TPSA) is 87.7 Å². The van der Waals surface area contributed by atoms with Crippen molar-refractivity contribution in [3.05, 3.63) is 42.0 Å². The molecule has 0 radical (unpaired) electrons. The Bertz CT molecular complexity index is 953. The first-order valence-electron chi connectivity index (χ1n) is 10.7. The lowest BCUT2D eigenvalue weighted by Crippen LogP contribution is -2.56. The first kappa shape index (κ1) is 21.5. The van der Waals surface area contributed by atoms with Gasteiger partial charge in [0.05, 0.1) is 12.2 Å². The maximum atomic E-state index is 13.4. The molecule has 1 aromatic heterocycles. The minimum atomic E-state index is -1.22. The molecule has 1 unspecified atom stereocenters. The van der Waals surface area contributed by atoms with Crippen molar-refractivity contribution in [1.82, 2.24) is 10.2 Å². The van der Waals surface area contributed by atoms with Gasteiger partial charge in [-0.3, -0.25) is 14.4 Å². The average Bonchev–Trinajstić information content (AvgIpc) is 3.17. The van der Waals surface area contributed by atoms with Crippen molar-refractivity contribution in [2.45, 2.75) is 44.2 Å². The van der Waals surface area contributed by atoms with Crippen molar-refractivity contribution in [2.75, 3.05) is 25.6 Å². The zero-order chi connectivity index (χ0) is 21.8. The van der Waals surface area contributed by atoms with Gasteiger partial charge in [-0.25, -0.2) is 0 Å². The summed E-state index contributed by atoms with van der Waals surface area (Å²) in [7, 11) is 1.53. The van der Waals surface area contributed by atoms with Gasteiger partial charge in [-0.15, -0.1) is 11.3 Å². The number of nitrogens with zero attached hydrogens (tertiary/aromatic N) is 1. The molecular weight excluding hydrogens is 414 g/mol. The lowest BCUT2D eigenvalue weighted by Gasteiger charge is -2.30. The van der Waals surface area contributed by atoms with Gasteiger partial charge < -0.3 is 20.3 Å². The number of benzene rings is 1. The van der Waals surface area contributed by atoms with Crippen LogP contribution in [-0.2, 0) is 14.3 Å². The number of ether oxygens (including phenoxy) is 1. The second kappa shape index (κ2) is 9.62. The fourth-order valence-electron chi connectivity index (χ4n) is 4.19. The number of anilines is 1. The number of nitrogens with one attached hydrogen (secondary N) is 2. The van der Waals surface area contributed by atoms with Gasteiger partial charge in [0.15, 0.2) is 6.04 Å². The second-order valence-electron chi connectivity index (χ2n) is 7.95. The van der Waals surface area contributed by atoms with Crippen LogP contribution in [0.1, 0.15) is 42.5 Å². The highest BCUT2D eigenvalue weighted by Gasteiger charge is 2.41. The first-order valence-corrected chi connectivity index (χ1v) is 11.5. The average molecular weight is 442 g/mol. The first-order chi connectivity index (χ1) is 15.1. The number of rotatable bonds is 6. The third-order valence-corrected chi connectivity index (χ3v) is 6.91. The number of hydrogen-bond donors (Lipinski definition) is 2. The molecule has 0 spiro atoms. The summed E-state index contributed by atoms with van der Waals surface area (Å²) in [6, 6.07) is 10.3. The predicted octanol–water partition coefficient (Wildman–Crippen LogP) is 3.27. The number of thiophene rings is 1. The summed E-state index contributed by atoms with van der Waals surface area (Å²) in [6.07, 6.45) is 5.10. The van der Waals surface area contributed by atoms with E-state index in [1.165, 1.54) is 29.8 Å². The minimum absolute atomic E-state index is 0.0513. The minimum Gasteiger partial charge on any atom is -0.383 e. The van der Waals surface area contributed by atoms with Crippen LogP contribution in [0.25, 0.3) is 10.4 Å². The molecule has 0 bridgehead atoms. The van der Waals surface area contributed by atoms with E-state index in [-0.39, 0.29) is 25.1 Å². The van der Waals surface area contributed by atoms with Crippen LogP contribution in [-0.4, -0.2) is 55.0 Å². The number of amides is 3. The third-order valence-electron chi connectivity index (χ3n) is 5.81. The monoisotopic (exact) mass is 441 g/mol. The van der Waals surface area contributed by atoms with Gasteiger partial charge in [0.25, 0.3) is 17.7 Å². The van der Waals surface area contributed by atoms with Gasteiger partial charge >= 0.3 is 0 Å². The van der Waals surface area contributed by atoms with Gasteiger partial charge in [-0.05, 0) is 24.5 Å². The Morgan fingerprint density at radius 2 is 1.94 bits per heavy atom. The van der Waals surface area contributed by atoms with E-state index in [9.17, 15) is 14.4 Å². The maximum Gasteiger partial charge on any atom is 0.258 e. The van der Waals surface area contributed by atoms with Crippen LogP contribution in [0.2, 0.25) is 0 Å². The molecular formula is C23H27N3O4S. The quantitative estimate of drug-likeness (QED) is 0.674. The van der Waals surface area contributed by atoms with E-state index < -0.39 is 17.9 Å². The highest BCUT2D eigenvalue weighted by molar-refractivity contribution is 7.20. The summed E-state index contributed by atoms with van der Waals surface area (Å²) in [5, 5.41) is 6.31. The molecule has 7 nitrogen and oxygen atoms in total. The summed E-state index contributed by atoms with van der Waals surface area (Å²) < 4.78 is 5.15. The third kappa shape index (κ3) is 4.65. The zero-order valence-corrected chi connectivity index (χ0v) is 18.4. The molecule has 1 aliphatic carbocycles. The number of methoxy groups -OCH3 is 1. The zero-order valence-electron chi connectivity index (χ0n) is 17.6. The summed E-state index contributed by atoms with van der Waals surface area (Å²) in [5.41, 5.74) is 1.37. The van der Waals surface area contributed by atoms with Crippen LogP contribution < -0.4 is 10.6 Å². The number of hydrogen-bond acceptors (Lipinski definition) is 5. The molecule has 1 atom stereocenters. The number of carbonyl (C=O) groups is 3. The smallest absolute Gasteiger partial charge is 0.258 e. The Hall–Kier alpha value is -2.71. The van der Waals surface area contributed by atoms with E-state index >= 15 is 0 Å². The molecule has 2 aromatic rings. The van der Waals surface area contributed by atoms with Crippen LogP contribution in [0.3, 0.4) is 0 Å². The summed E-state index contributed by atoms with van der Waals surface area (Å²) in [5.74, 6) is -1.25. The van der Waals surface area contributed by atoms with Gasteiger partial charge in [0, 0.05) is 24.6 Å². The van der Waals surface area contributed by atoms with Crippen molar-refractivity contribution >= 4 is 34.1 Å². The molecule has 3 amide bonds. The van der Waals surface area contributed by atoms with Crippen LogP contribution in [0.4, 0.5) is 5.00 Å². The Balaban J connectivity index is 1.62. The summed E-state index contributed by atoms with van der Waals surface area (Å²) in [6.45, 7) is 0.388. The Morgan fingerprint density at radius 1 is 1.19 bits per heavy atom. The molecule has 31 heavy (non-hydrogen) atoms. The SMILES string of the molecule is COCCN1C(=O)c2cc(-c3ccccc3)sc2NC(=O)C1C(=O)NC1CCCCC1. The Labute approximate surface area is 185 Å². The maximum absolute atomic E-state index is 13.4. The van der Waals surface area contributed by atoms with Gasteiger partial charge in [-0.1, -0.05) is 49.6 Å². The van der Waals surface area contributed by atoms with E-state index in [0.29, 0.717) is 10.6 Å². The summed E-state index contributed by atoms with van der Waals surface area (Å²) in [4.78, 5) is 41.9. The van der Waals surface area contributed by atoms with E-state index in [4.69, 9.17) is 4.74 Å². The molecule has 8 heteroatoms. The summed E-state index contributed by atoms with van der Waals surface area (Å²) >= 11 is 1.34. The molecule has 0 saturated heterocycles. The fraction of sp³-hybridized carbons (Fsp3) is 0.435. The van der Waals surface area contributed by atoms with Crippen LogP contribution >= 0.6 is 11.3 Å². The highest BCUT2D eigenvalue weighted by Crippen LogP contribution is 2.38. The van der Waals surface area contributed by atoms with E-state index in [2.05, 4.69) is 10.6 Å². The molecule has 164 valence electrons. The Morgan fingerprint density at radius 3 is 2.65 bits per heavy atom. The normalized spacial score (nSPS) is 19.5. The largest absolute Gasteiger partial charge is 0.383 e. The molecule has 2 aliphatic rings. The van der Waals surface area contributed by atoms with Crippen molar-refractivity contribution in [1.29, 1.82) is 0 Å². The van der Waals surface area contributed by atoms with Gasteiger partial charge in [0.2, 0.25) is 0 Å². The molecule has 1 aliphatic heterocycles. The molecule has 2 heterocycles. The van der Waals surface area contributed by atoms with Crippen molar-refractivity contribution in [3.8, 4) is 10.4 Å². The van der Waals surface area contributed by atoms with E-state index in [0.717, 1.165) is 36.1 Å². The van der Waals surface area contributed by atoms with E-state index in [1.54, 1.807) is 6.07 Å². The Kier molecular flexibility index (Phi) is 6.67. The fourth-order valence-corrected chi connectivity index (χ4v) is 5.25. The lowest BCUT2D eigenvalue weighted by atomic mass is 9.95. The molecule has 2 N–H and O–H groups in total. The number of carbonyl (C=O) groups excluding carboxylic acids is 3. The van der Waals surface area contributed by atoms with E-state index in [1.807, 2.05) is 30.3 Å². The predicted molar refractivity (Wildman–Crippen MR) is 120 cm³/mol. The second-order valence-corrected chi connectivity index (χ2v) is 9.00. The lowest BCUT2D eigenvalue weighted by molar-refractivity contribution is -0.134.